The summed E-state index contributed by atoms with van der Waals surface area (Å²) in [6.07, 6.45) is 0. The van der Waals surface area contributed by atoms with Crippen molar-refractivity contribution in [2.24, 2.45) is 0 Å². The Morgan fingerprint density at radius 2 is 0.639 bits per heavy atom. The lowest BCUT2D eigenvalue weighted by molar-refractivity contribution is 0.482. The van der Waals surface area contributed by atoms with E-state index >= 15 is 0 Å². The lowest BCUT2D eigenvalue weighted by atomic mass is 10.0. The van der Waals surface area contributed by atoms with E-state index in [0.29, 0.717) is 5.75 Å². The highest BCUT2D eigenvalue weighted by Crippen LogP contribution is 2.36. The Morgan fingerprint density at radius 3 is 1.10 bits per heavy atom. The predicted octanol–water partition coefficient (Wildman–Crippen LogP) is 14.4. The Labute approximate surface area is 352 Å². The van der Waals surface area contributed by atoms with Crippen LogP contribution in [0.15, 0.2) is 200 Å². The second-order valence-corrected chi connectivity index (χ2v) is 15.2. The summed E-state index contributed by atoms with van der Waals surface area (Å²) in [5.74, 6) is 2.94. The smallest absolute Gasteiger partial charge is 0.128 e. The van der Waals surface area contributed by atoms with Crippen molar-refractivity contribution in [2.45, 2.75) is 6.92 Å². The average molecular weight is 785 g/mol. The van der Waals surface area contributed by atoms with Crippen LogP contribution >= 0.6 is 0 Å². The van der Waals surface area contributed by atoms with Gasteiger partial charge in [0.2, 0.25) is 0 Å². The summed E-state index contributed by atoms with van der Waals surface area (Å²) >= 11 is 0. The number of para-hydroxylation sites is 2. The number of nitrogens with zero attached hydrogens (tertiary/aromatic N) is 4. The molecule has 0 spiro atoms. The van der Waals surface area contributed by atoms with Crippen molar-refractivity contribution < 1.29 is 9.47 Å². The summed E-state index contributed by atoms with van der Waals surface area (Å²) in [6.45, 7) is 2.10. The van der Waals surface area contributed by atoms with Gasteiger partial charge in [0, 0.05) is 43.8 Å². The minimum absolute atomic E-state index is 0.677. The van der Waals surface area contributed by atoms with Crippen molar-refractivity contribution in [3.63, 3.8) is 0 Å². The van der Waals surface area contributed by atoms with E-state index in [1.165, 1.54) is 5.56 Å². The monoisotopic (exact) mass is 784 g/mol. The lowest BCUT2D eigenvalue weighted by Gasteiger charge is -2.13. The van der Waals surface area contributed by atoms with Gasteiger partial charge in [0.25, 0.3) is 0 Å². The Bertz CT molecular complexity index is 3440. The molecule has 0 saturated heterocycles. The van der Waals surface area contributed by atoms with Crippen LogP contribution in [0.5, 0.6) is 23.0 Å². The minimum Gasteiger partial charge on any atom is -0.457 e. The van der Waals surface area contributed by atoms with Crippen LogP contribution in [-0.2, 0) is 0 Å². The molecule has 0 amide bonds. The summed E-state index contributed by atoms with van der Waals surface area (Å²) in [7, 11) is 0. The molecule has 11 aromatic rings. The topological polar surface area (TPSA) is 70.0 Å². The van der Waals surface area contributed by atoms with Gasteiger partial charge in [-0.15, -0.1) is 0 Å². The molecule has 0 N–H and O–H groups in total. The number of hydrogen-bond acceptors (Lipinski definition) is 6. The number of rotatable bonds is 8. The number of aromatic nitrogens is 4. The largest absolute Gasteiger partial charge is 0.457 e. The van der Waals surface area contributed by atoms with Crippen LogP contribution in [0.1, 0.15) is 5.56 Å². The zero-order chi connectivity index (χ0) is 40.7. The van der Waals surface area contributed by atoms with Gasteiger partial charge in [0.1, 0.15) is 23.0 Å². The molecule has 0 radical (unpaired) electrons. The van der Waals surface area contributed by atoms with Crippen molar-refractivity contribution in [3.8, 4) is 68.0 Å². The molecule has 6 nitrogen and oxygen atoms in total. The molecule has 0 unspecified atom stereocenters. The molecule has 7 aromatic carbocycles. The van der Waals surface area contributed by atoms with Gasteiger partial charge in [0.05, 0.1) is 44.8 Å². The summed E-state index contributed by atoms with van der Waals surface area (Å²) in [6, 6.07) is 67.5. The maximum Gasteiger partial charge on any atom is 0.128 e. The van der Waals surface area contributed by atoms with Crippen LogP contribution in [0.25, 0.3) is 88.6 Å². The zero-order valence-corrected chi connectivity index (χ0v) is 33.2. The van der Waals surface area contributed by atoms with Crippen LogP contribution in [0, 0.1) is 6.92 Å². The zero-order valence-electron chi connectivity index (χ0n) is 33.2. The van der Waals surface area contributed by atoms with Crippen LogP contribution in [0.3, 0.4) is 0 Å². The highest BCUT2D eigenvalue weighted by Gasteiger charge is 2.15. The second kappa shape index (κ2) is 15.2. The van der Waals surface area contributed by atoms with Gasteiger partial charge in [0.15, 0.2) is 0 Å². The molecular weight excluding hydrogens is 749 g/mol. The highest BCUT2D eigenvalue weighted by molar-refractivity contribution is 6.05. The van der Waals surface area contributed by atoms with Crippen LogP contribution < -0.4 is 9.47 Å². The number of aryl methyl sites for hydroxylation is 1. The molecule has 288 valence electrons. The van der Waals surface area contributed by atoms with Crippen molar-refractivity contribution in [1.29, 1.82) is 0 Å². The minimum atomic E-state index is 0.677. The van der Waals surface area contributed by atoms with Crippen LogP contribution in [0.2, 0.25) is 0 Å². The fourth-order valence-corrected chi connectivity index (χ4v) is 7.90. The summed E-state index contributed by atoms with van der Waals surface area (Å²) in [4.78, 5) is 21.0. The molecule has 61 heavy (non-hydrogen) atoms. The van der Waals surface area contributed by atoms with E-state index in [9.17, 15) is 0 Å². The number of hydrogen-bond donors (Lipinski definition) is 0. The van der Waals surface area contributed by atoms with Gasteiger partial charge >= 0.3 is 0 Å². The maximum atomic E-state index is 6.51. The molecule has 4 aromatic heterocycles. The molecule has 0 aliphatic heterocycles. The molecule has 0 saturated carbocycles. The molecule has 0 aliphatic rings. The molecular formula is C55H36N4O2. The van der Waals surface area contributed by atoms with E-state index in [4.69, 9.17) is 29.4 Å². The van der Waals surface area contributed by atoms with Crippen LogP contribution in [0.4, 0.5) is 0 Å². The summed E-state index contributed by atoms with van der Waals surface area (Å²) < 4.78 is 12.7. The third kappa shape index (κ3) is 7.17. The van der Waals surface area contributed by atoms with Crippen molar-refractivity contribution >= 4 is 43.6 Å². The average Bonchev–Trinajstić information content (AvgIpc) is 3.31. The molecule has 0 aliphatic carbocycles. The summed E-state index contributed by atoms with van der Waals surface area (Å²) in [5, 5.41) is 4.06. The molecule has 4 heterocycles. The molecule has 0 atom stereocenters. The SMILES string of the molecule is Cc1cccc(-c2ccc3ccc4ccc(-c5cc(Oc6ccccc6)cc(-c6ccc7ccc8ccc(-c9cccc(Oc%10ccccc%10)c9)nc8c7n6)c5)nc4c3n2)c1. The van der Waals surface area contributed by atoms with Gasteiger partial charge in [-0.1, -0.05) is 121 Å². The first-order chi connectivity index (χ1) is 30.1. The lowest BCUT2D eigenvalue weighted by Crippen LogP contribution is -1.94. The van der Waals surface area contributed by atoms with Gasteiger partial charge in [-0.05, 0) is 91.9 Å². The maximum absolute atomic E-state index is 6.51. The fourth-order valence-electron chi connectivity index (χ4n) is 7.90. The number of benzene rings is 7. The Morgan fingerprint density at radius 1 is 0.279 bits per heavy atom. The summed E-state index contributed by atoms with van der Waals surface area (Å²) in [5.41, 5.74) is 11.7. The first kappa shape index (κ1) is 35.9. The van der Waals surface area contributed by atoms with Crippen LogP contribution in [-0.4, -0.2) is 19.9 Å². The van der Waals surface area contributed by atoms with E-state index in [0.717, 1.165) is 106 Å². The number of pyridine rings is 4. The first-order valence-corrected chi connectivity index (χ1v) is 20.3. The quantitative estimate of drug-likeness (QED) is 0.143. The van der Waals surface area contributed by atoms with E-state index < -0.39 is 0 Å². The normalized spacial score (nSPS) is 11.4. The van der Waals surface area contributed by atoms with Gasteiger partial charge in [-0.2, -0.15) is 0 Å². The van der Waals surface area contributed by atoms with E-state index in [2.05, 4.69) is 116 Å². The Kier molecular flexibility index (Phi) is 8.94. The van der Waals surface area contributed by atoms with Gasteiger partial charge in [-0.3, -0.25) is 0 Å². The second-order valence-electron chi connectivity index (χ2n) is 15.2. The number of fused-ring (bicyclic) bond motifs is 6. The van der Waals surface area contributed by atoms with Gasteiger partial charge < -0.3 is 9.47 Å². The van der Waals surface area contributed by atoms with E-state index in [-0.39, 0.29) is 0 Å². The standard InChI is InChI=1S/C55H36N4O2/c1-35-10-8-11-40(30-35)48-26-22-36-18-20-38-24-28-50(58-54(38)52(36)56-48)42-31-43(34-47(33-42)61-45-15-6-3-7-16-45)51-29-25-39-21-19-37-23-27-49(57-53(37)55(39)59-51)41-12-9-17-46(32-41)60-44-13-4-2-5-14-44/h2-34H,1H3. The van der Waals surface area contributed by atoms with Crippen molar-refractivity contribution in [1.82, 2.24) is 19.9 Å². The molecule has 11 rings (SSSR count). The third-order valence-electron chi connectivity index (χ3n) is 10.9. The Hall–Kier alpha value is -8.22. The van der Waals surface area contributed by atoms with E-state index in [1.807, 2.05) is 91.0 Å². The molecule has 0 fully saturated rings. The third-order valence-corrected chi connectivity index (χ3v) is 10.9. The Balaban J connectivity index is 1.03. The number of ether oxygens (including phenoxy) is 2. The van der Waals surface area contributed by atoms with Crippen molar-refractivity contribution in [3.05, 3.63) is 206 Å². The fraction of sp³-hybridized carbons (Fsp3) is 0.0182. The first-order valence-electron chi connectivity index (χ1n) is 20.3. The van der Waals surface area contributed by atoms with E-state index in [1.54, 1.807) is 0 Å². The highest BCUT2D eigenvalue weighted by atomic mass is 16.5. The molecule has 6 heteroatoms. The predicted molar refractivity (Wildman–Crippen MR) is 247 cm³/mol. The van der Waals surface area contributed by atoms with Crippen molar-refractivity contribution in [2.75, 3.05) is 0 Å². The molecule has 0 bridgehead atoms. The van der Waals surface area contributed by atoms with Gasteiger partial charge in [-0.25, -0.2) is 19.9 Å².